The second kappa shape index (κ2) is 7.62. The highest BCUT2D eigenvalue weighted by Gasteiger charge is 2.39. The van der Waals surface area contributed by atoms with Crippen LogP contribution in [0.25, 0.3) is 0 Å². The molecule has 2 aliphatic heterocycles. The molecule has 1 aliphatic carbocycles. The van der Waals surface area contributed by atoms with E-state index < -0.39 is 11.8 Å². The van der Waals surface area contributed by atoms with Crippen LogP contribution in [0.2, 0.25) is 0 Å². The summed E-state index contributed by atoms with van der Waals surface area (Å²) in [5, 5.41) is 16.2. The third-order valence-electron chi connectivity index (χ3n) is 5.99. The van der Waals surface area contributed by atoms with Gasteiger partial charge in [-0.3, -0.25) is 9.59 Å². The first-order chi connectivity index (χ1) is 13.1. The molecule has 1 saturated heterocycles. The molecule has 2 atom stereocenters. The van der Waals surface area contributed by atoms with E-state index in [1.807, 2.05) is 24.3 Å². The predicted octanol–water partition coefficient (Wildman–Crippen LogP) is 3.12. The van der Waals surface area contributed by atoms with Crippen molar-refractivity contribution in [1.29, 1.82) is 0 Å². The van der Waals surface area contributed by atoms with Gasteiger partial charge in [0.2, 0.25) is 0 Å². The Balaban J connectivity index is 1.47. The van der Waals surface area contributed by atoms with E-state index in [0.717, 1.165) is 44.5 Å². The van der Waals surface area contributed by atoms with Gasteiger partial charge in [0.05, 0.1) is 0 Å². The lowest BCUT2D eigenvalue weighted by molar-refractivity contribution is -0.123. The molecule has 0 radical (unpaired) electrons. The van der Waals surface area contributed by atoms with Crippen LogP contribution >= 0.6 is 0 Å². The van der Waals surface area contributed by atoms with Gasteiger partial charge < -0.3 is 20.6 Å². The fourth-order valence-corrected chi connectivity index (χ4v) is 4.49. The SMILES string of the molecule is O=C(Nc1ccc(N2CCCCC2)cc1)C1=C(O)C2CCCCC2NC1=O. The number of carbonyl (C=O) groups is 2. The van der Waals surface area contributed by atoms with E-state index in [9.17, 15) is 14.7 Å². The number of fused-ring (bicyclic) bond motifs is 1. The Morgan fingerprint density at radius 3 is 2.48 bits per heavy atom. The minimum absolute atomic E-state index is 0.0494. The van der Waals surface area contributed by atoms with E-state index in [0.29, 0.717) is 5.69 Å². The van der Waals surface area contributed by atoms with Gasteiger partial charge >= 0.3 is 0 Å². The van der Waals surface area contributed by atoms with Crippen molar-refractivity contribution in [3.63, 3.8) is 0 Å². The van der Waals surface area contributed by atoms with Crippen LogP contribution in [-0.4, -0.2) is 36.1 Å². The number of piperidine rings is 1. The predicted molar refractivity (Wildman–Crippen MR) is 105 cm³/mol. The average molecular weight is 369 g/mol. The molecule has 3 N–H and O–H groups in total. The fourth-order valence-electron chi connectivity index (χ4n) is 4.49. The molecule has 0 spiro atoms. The van der Waals surface area contributed by atoms with Crippen molar-refractivity contribution in [2.24, 2.45) is 5.92 Å². The lowest BCUT2D eigenvalue weighted by Gasteiger charge is -2.36. The molecule has 0 aromatic heterocycles. The maximum absolute atomic E-state index is 12.6. The third-order valence-corrected chi connectivity index (χ3v) is 5.99. The number of hydrogen-bond acceptors (Lipinski definition) is 4. The average Bonchev–Trinajstić information content (AvgIpc) is 2.69. The molecule has 1 aromatic rings. The number of rotatable bonds is 3. The Morgan fingerprint density at radius 1 is 1.04 bits per heavy atom. The maximum atomic E-state index is 12.6. The molecular weight excluding hydrogens is 342 g/mol. The molecule has 6 nitrogen and oxygen atoms in total. The molecule has 0 bridgehead atoms. The van der Waals surface area contributed by atoms with Gasteiger partial charge in [-0.15, -0.1) is 0 Å². The smallest absolute Gasteiger partial charge is 0.264 e. The van der Waals surface area contributed by atoms with Crippen molar-refractivity contribution < 1.29 is 14.7 Å². The van der Waals surface area contributed by atoms with Crippen molar-refractivity contribution in [2.45, 2.75) is 51.0 Å². The fraction of sp³-hybridized carbons (Fsp3) is 0.524. The molecule has 1 saturated carbocycles. The van der Waals surface area contributed by atoms with E-state index in [1.165, 1.54) is 19.3 Å². The van der Waals surface area contributed by atoms with E-state index in [-0.39, 0.29) is 23.3 Å². The lowest BCUT2D eigenvalue weighted by atomic mass is 9.79. The number of benzene rings is 1. The number of carbonyl (C=O) groups excluding carboxylic acids is 2. The third kappa shape index (κ3) is 3.66. The van der Waals surface area contributed by atoms with Gasteiger partial charge in [-0.2, -0.15) is 0 Å². The monoisotopic (exact) mass is 369 g/mol. The molecule has 4 rings (SSSR count). The summed E-state index contributed by atoms with van der Waals surface area (Å²) in [6, 6.07) is 7.64. The molecule has 144 valence electrons. The van der Waals surface area contributed by atoms with Crippen molar-refractivity contribution in [3.8, 4) is 0 Å². The van der Waals surface area contributed by atoms with Crippen LogP contribution in [-0.2, 0) is 9.59 Å². The van der Waals surface area contributed by atoms with Gasteiger partial charge in [0.1, 0.15) is 11.3 Å². The molecule has 2 amide bonds. The van der Waals surface area contributed by atoms with Gasteiger partial charge in [-0.25, -0.2) is 0 Å². The second-order valence-electron chi connectivity index (χ2n) is 7.78. The Kier molecular flexibility index (Phi) is 5.05. The molecule has 2 heterocycles. The molecule has 2 fully saturated rings. The van der Waals surface area contributed by atoms with Crippen LogP contribution in [0.15, 0.2) is 35.6 Å². The molecule has 2 unspecified atom stereocenters. The quantitative estimate of drug-likeness (QED) is 0.715. The molecule has 1 aromatic carbocycles. The van der Waals surface area contributed by atoms with Gasteiger partial charge in [-0.05, 0) is 56.4 Å². The van der Waals surface area contributed by atoms with Gasteiger partial charge in [-0.1, -0.05) is 12.8 Å². The molecule has 27 heavy (non-hydrogen) atoms. The number of anilines is 2. The largest absolute Gasteiger partial charge is 0.511 e. The number of nitrogens with zero attached hydrogens (tertiary/aromatic N) is 1. The van der Waals surface area contributed by atoms with E-state index in [1.54, 1.807) is 0 Å². The number of amides is 2. The van der Waals surface area contributed by atoms with Crippen molar-refractivity contribution in [3.05, 3.63) is 35.6 Å². The van der Waals surface area contributed by atoms with Crippen LogP contribution in [0.1, 0.15) is 44.9 Å². The molecule has 6 heteroatoms. The Hall–Kier alpha value is -2.50. The van der Waals surface area contributed by atoms with Crippen LogP contribution in [0.4, 0.5) is 11.4 Å². The lowest BCUT2D eigenvalue weighted by Crippen LogP contribution is -2.50. The Bertz CT molecular complexity index is 750. The van der Waals surface area contributed by atoms with E-state index >= 15 is 0 Å². The first kappa shape index (κ1) is 17.9. The summed E-state index contributed by atoms with van der Waals surface area (Å²) in [4.78, 5) is 27.4. The standard InChI is InChI=1S/C21H27N3O3/c25-19-16-6-2-3-7-17(16)23-21(27)18(19)20(26)22-14-8-10-15(11-9-14)24-12-4-1-5-13-24/h8-11,16-17,25H,1-7,12-13H2,(H,22,26)(H,23,27). The summed E-state index contributed by atoms with van der Waals surface area (Å²) in [6.07, 6.45) is 7.42. The van der Waals surface area contributed by atoms with Gasteiger partial charge in [0.25, 0.3) is 11.8 Å². The van der Waals surface area contributed by atoms with Gasteiger partial charge in [0, 0.05) is 36.4 Å². The van der Waals surface area contributed by atoms with Crippen LogP contribution in [0.3, 0.4) is 0 Å². The summed E-state index contributed by atoms with van der Waals surface area (Å²) in [5.74, 6) is -1.21. The van der Waals surface area contributed by atoms with Crippen LogP contribution < -0.4 is 15.5 Å². The van der Waals surface area contributed by atoms with Crippen LogP contribution in [0, 0.1) is 5.92 Å². The highest BCUT2D eigenvalue weighted by Crippen LogP contribution is 2.34. The zero-order chi connectivity index (χ0) is 18.8. The van der Waals surface area contributed by atoms with Crippen molar-refractivity contribution >= 4 is 23.2 Å². The Labute approximate surface area is 159 Å². The highest BCUT2D eigenvalue weighted by molar-refractivity contribution is 6.23. The zero-order valence-corrected chi connectivity index (χ0v) is 15.5. The topological polar surface area (TPSA) is 81.7 Å². The summed E-state index contributed by atoms with van der Waals surface area (Å²) in [6.45, 7) is 2.13. The second-order valence-corrected chi connectivity index (χ2v) is 7.78. The minimum atomic E-state index is -0.542. The molecule has 3 aliphatic rings. The van der Waals surface area contributed by atoms with Gasteiger partial charge in [0.15, 0.2) is 0 Å². The van der Waals surface area contributed by atoms with E-state index in [2.05, 4.69) is 15.5 Å². The summed E-state index contributed by atoms with van der Waals surface area (Å²) in [7, 11) is 0. The normalized spacial score (nSPS) is 25.6. The van der Waals surface area contributed by atoms with Crippen molar-refractivity contribution in [1.82, 2.24) is 5.32 Å². The highest BCUT2D eigenvalue weighted by atomic mass is 16.3. The Morgan fingerprint density at radius 2 is 1.74 bits per heavy atom. The number of nitrogens with one attached hydrogen (secondary N) is 2. The zero-order valence-electron chi connectivity index (χ0n) is 15.5. The van der Waals surface area contributed by atoms with Crippen molar-refractivity contribution in [2.75, 3.05) is 23.3 Å². The molecular formula is C21H27N3O3. The minimum Gasteiger partial charge on any atom is -0.511 e. The summed E-state index contributed by atoms with van der Waals surface area (Å²) >= 11 is 0. The number of aliphatic hydroxyl groups excluding tert-OH is 1. The maximum Gasteiger partial charge on any atom is 0.264 e. The van der Waals surface area contributed by atoms with Crippen LogP contribution in [0.5, 0.6) is 0 Å². The summed E-state index contributed by atoms with van der Waals surface area (Å²) < 4.78 is 0. The van der Waals surface area contributed by atoms with E-state index in [4.69, 9.17) is 0 Å². The first-order valence-corrected chi connectivity index (χ1v) is 10.0. The summed E-state index contributed by atoms with van der Waals surface area (Å²) in [5.41, 5.74) is 1.63. The number of hydrogen-bond donors (Lipinski definition) is 3. The first-order valence-electron chi connectivity index (χ1n) is 10.0. The number of aliphatic hydroxyl groups is 1.